The largest absolute Gasteiger partial charge is 0.488 e. The molecule has 0 aromatic carbocycles. The van der Waals surface area contributed by atoms with Crippen molar-refractivity contribution in [3.63, 3.8) is 0 Å². The molecule has 0 radical (unpaired) electrons. The molecule has 4 N–H and O–H groups in total. The quantitative estimate of drug-likeness (QED) is 0.596. The average molecular weight is 209 g/mol. The lowest BCUT2D eigenvalue weighted by atomic mass is 9.92. The van der Waals surface area contributed by atoms with Gasteiger partial charge >= 0.3 is 0 Å². The number of ether oxygens (including phenoxy) is 1. The fourth-order valence-corrected chi connectivity index (χ4v) is 1.83. The van der Waals surface area contributed by atoms with Gasteiger partial charge in [0.1, 0.15) is 18.5 Å². The number of nitrogens with two attached hydrogens (primary N) is 1. The molecule has 0 saturated carbocycles. The Balaban J connectivity index is 2.11. The Morgan fingerprint density at radius 2 is 2.27 bits per heavy atom. The van der Waals surface area contributed by atoms with Crippen LogP contribution in [0.2, 0.25) is 0 Å². The highest BCUT2D eigenvalue weighted by molar-refractivity contribution is 5.34. The molecular formula is C11H15NO3. The molecular weight excluding hydrogens is 194 g/mol. The molecule has 3 atom stereocenters. The van der Waals surface area contributed by atoms with E-state index >= 15 is 0 Å². The summed E-state index contributed by atoms with van der Waals surface area (Å²) >= 11 is 0. The Labute approximate surface area is 88.4 Å². The van der Waals surface area contributed by atoms with Crippen molar-refractivity contribution in [3.8, 4) is 0 Å². The minimum absolute atomic E-state index is 0.0799. The van der Waals surface area contributed by atoms with Crippen LogP contribution in [0.5, 0.6) is 0 Å². The molecule has 0 aromatic rings. The predicted molar refractivity (Wildman–Crippen MR) is 55.8 cm³/mol. The predicted octanol–water partition coefficient (Wildman–Crippen LogP) is -0.307. The molecule has 2 rings (SSSR count). The van der Waals surface area contributed by atoms with E-state index in [2.05, 4.69) is 0 Å². The zero-order valence-corrected chi connectivity index (χ0v) is 8.34. The van der Waals surface area contributed by atoms with Crippen LogP contribution in [0.3, 0.4) is 0 Å². The molecule has 0 aromatic heterocycles. The smallest absolute Gasteiger partial charge is 0.127 e. The van der Waals surface area contributed by atoms with Gasteiger partial charge in [0.05, 0.1) is 6.10 Å². The molecule has 0 spiro atoms. The summed E-state index contributed by atoms with van der Waals surface area (Å²) in [7, 11) is 0. The van der Waals surface area contributed by atoms with Crippen LogP contribution in [-0.2, 0) is 4.74 Å². The van der Waals surface area contributed by atoms with Gasteiger partial charge in [0, 0.05) is 12.5 Å². The molecule has 0 saturated heterocycles. The maximum atomic E-state index is 9.56. The highest BCUT2D eigenvalue weighted by Crippen LogP contribution is 2.30. The van der Waals surface area contributed by atoms with Gasteiger partial charge in [-0.05, 0) is 17.7 Å². The second kappa shape index (κ2) is 4.18. The van der Waals surface area contributed by atoms with Crippen LogP contribution >= 0.6 is 0 Å². The van der Waals surface area contributed by atoms with Crippen molar-refractivity contribution in [2.45, 2.75) is 12.2 Å². The molecule has 4 nitrogen and oxygen atoms in total. The van der Waals surface area contributed by atoms with Crippen molar-refractivity contribution >= 4 is 0 Å². The summed E-state index contributed by atoms with van der Waals surface area (Å²) in [5.74, 6) is 0.760. The SMILES string of the molecule is NCC(O)C1=CC2OC(CO)=CC2C=C1. The first kappa shape index (κ1) is 10.4. The average Bonchev–Trinajstić information content (AvgIpc) is 2.69. The van der Waals surface area contributed by atoms with Crippen molar-refractivity contribution in [1.82, 2.24) is 0 Å². The molecule has 0 fully saturated rings. The van der Waals surface area contributed by atoms with Gasteiger partial charge in [0.15, 0.2) is 0 Å². The molecule has 0 bridgehead atoms. The third kappa shape index (κ3) is 1.97. The van der Waals surface area contributed by atoms with E-state index in [9.17, 15) is 5.11 Å². The van der Waals surface area contributed by atoms with Crippen molar-refractivity contribution in [2.75, 3.05) is 13.2 Å². The van der Waals surface area contributed by atoms with Crippen molar-refractivity contribution in [2.24, 2.45) is 11.7 Å². The molecule has 4 heteroatoms. The Hall–Kier alpha value is -1.10. The van der Waals surface area contributed by atoms with Crippen LogP contribution < -0.4 is 5.73 Å². The lowest BCUT2D eigenvalue weighted by Gasteiger charge is -2.20. The minimum atomic E-state index is -0.635. The molecule has 15 heavy (non-hydrogen) atoms. The lowest BCUT2D eigenvalue weighted by Crippen LogP contribution is -2.25. The number of rotatable bonds is 3. The summed E-state index contributed by atoms with van der Waals surface area (Å²) in [5, 5.41) is 18.5. The number of aliphatic hydroxyl groups excluding tert-OH is 2. The molecule has 1 aliphatic carbocycles. The Kier molecular flexibility index (Phi) is 2.90. The highest BCUT2D eigenvalue weighted by Gasteiger charge is 2.28. The van der Waals surface area contributed by atoms with E-state index < -0.39 is 6.10 Å². The van der Waals surface area contributed by atoms with Crippen LogP contribution in [0.15, 0.2) is 35.6 Å². The second-order valence-electron chi connectivity index (χ2n) is 3.73. The maximum Gasteiger partial charge on any atom is 0.127 e. The molecule has 2 aliphatic rings. The molecule has 82 valence electrons. The van der Waals surface area contributed by atoms with Gasteiger partial charge in [-0.3, -0.25) is 0 Å². The molecule has 1 aliphatic heterocycles. The zero-order valence-electron chi connectivity index (χ0n) is 8.34. The van der Waals surface area contributed by atoms with E-state index in [4.69, 9.17) is 15.6 Å². The summed E-state index contributed by atoms with van der Waals surface area (Å²) in [6, 6.07) is 0. The van der Waals surface area contributed by atoms with Gasteiger partial charge in [-0.15, -0.1) is 0 Å². The minimum Gasteiger partial charge on any atom is -0.488 e. The van der Waals surface area contributed by atoms with E-state index in [0.717, 1.165) is 5.57 Å². The van der Waals surface area contributed by atoms with Crippen LogP contribution in [-0.4, -0.2) is 35.6 Å². The van der Waals surface area contributed by atoms with Gasteiger partial charge < -0.3 is 20.7 Å². The first-order valence-corrected chi connectivity index (χ1v) is 5.01. The van der Waals surface area contributed by atoms with Gasteiger partial charge in [-0.1, -0.05) is 12.2 Å². The third-order valence-electron chi connectivity index (χ3n) is 2.68. The Morgan fingerprint density at radius 3 is 2.93 bits per heavy atom. The second-order valence-corrected chi connectivity index (χ2v) is 3.73. The summed E-state index contributed by atoms with van der Waals surface area (Å²) < 4.78 is 5.47. The maximum absolute atomic E-state index is 9.56. The first-order valence-electron chi connectivity index (χ1n) is 5.01. The molecule has 3 unspecified atom stereocenters. The zero-order chi connectivity index (χ0) is 10.8. The normalized spacial score (nSPS) is 30.3. The Morgan fingerprint density at radius 1 is 1.47 bits per heavy atom. The number of hydrogen-bond acceptors (Lipinski definition) is 4. The van der Waals surface area contributed by atoms with Crippen LogP contribution in [0, 0.1) is 5.92 Å². The van der Waals surface area contributed by atoms with E-state index in [1.807, 2.05) is 24.3 Å². The summed E-state index contributed by atoms with van der Waals surface area (Å²) in [6.07, 6.45) is 6.84. The summed E-state index contributed by atoms with van der Waals surface area (Å²) in [5.41, 5.74) is 6.16. The van der Waals surface area contributed by atoms with E-state index in [-0.39, 0.29) is 25.2 Å². The van der Waals surface area contributed by atoms with Gasteiger partial charge in [-0.25, -0.2) is 0 Å². The summed E-state index contributed by atoms with van der Waals surface area (Å²) in [4.78, 5) is 0. The topological polar surface area (TPSA) is 75.7 Å². The molecule has 0 amide bonds. The van der Waals surface area contributed by atoms with Crippen LogP contribution in [0.25, 0.3) is 0 Å². The lowest BCUT2D eigenvalue weighted by molar-refractivity contribution is 0.128. The van der Waals surface area contributed by atoms with E-state index in [1.165, 1.54) is 0 Å². The standard InChI is InChI=1S/C11H15NO3/c12-5-10(14)7-1-2-8-3-9(6-13)15-11(8)4-7/h1-4,8,10-11,13-14H,5-6,12H2. The van der Waals surface area contributed by atoms with Crippen molar-refractivity contribution in [3.05, 3.63) is 35.6 Å². The van der Waals surface area contributed by atoms with Crippen LogP contribution in [0.4, 0.5) is 0 Å². The fraction of sp³-hybridized carbons (Fsp3) is 0.455. The van der Waals surface area contributed by atoms with E-state index in [1.54, 1.807) is 0 Å². The Bertz CT molecular complexity index is 333. The monoisotopic (exact) mass is 209 g/mol. The van der Waals surface area contributed by atoms with Gasteiger partial charge in [-0.2, -0.15) is 0 Å². The van der Waals surface area contributed by atoms with Crippen molar-refractivity contribution in [1.29, 1.82) is 0 Å². The first-order chi connectivity index (χ1) is 7.24. The van der Waals surface area contributed by atoms with Crippen LogP contribution in [0.1, 0.15) is 0 Å². The van der Waals surface area contributed by atoms with Crippen molar-refractivity contribution < 1.29 is 14.9 Å². The number of fused-ring (bicyclic) bond motifs is 1. The molecule has 1 heterocycles. The van der Waals surface area contributed by atoms with Gasteiger partial charge in [0.2, 0.25) is 0 Å². The number of hydrogen-bond donors (Lipinski definition) is 3. The third-order valence-corrected chi connectivity index (χ3v) is 2.68. The highest BCUT2D eigenvalue weighted by atomic mass is 16.5. The van der Waals surface area contributed by atoms with Gasteiger partial charge in [0.25, 0.3) is 0 Å². The summed E-state index contributed by atoms with van der Waals surface area (Å²) in [6.45, 7) is 0.122. The fourth-order valence-electron chi connectivity index (χ4n) is 1.83. The number of aliphatic hydroxyl groups is 2. The van der Waals surface area contributed by atoms with E-state index in [0.29, 0.717) is 5.76 Å².